The second-order valence-electron chi connectivity index (χ2n) is 5.74. The van der Waals surface area contributed by atoms with Gasteiger partial charge in [0.05, 0.1) is 11.7 Å². The van der Waals surface area contributed by atoms with E-state index >= 15 is 0 Å². The second-order valence-corrected chi connectivity index (χ2v) is 8.43. The first kappa shape index (κ1) is 19.7. The number of ether oxygens (including phenoxy) is 1. The number of hydrogen-bond donors (Lipinski definition) is 1. The van der Waals surface area contributed by atoms with Gasteiger partial charge in [0, 0.05) is 23.8 Å². The molecule has 1 saturated heterocycles. The number of rotatable bonds is 6. The number of amides is 1. The predicted octanol–water partition coefficient (Wildman–Crippen LogP) is 1.88. The van der Waals surface area contributed by atoms with Gasteiger partial charge in [-0.05, 0) is 44.0 Å². The molecule has 0 spiro atoms. The lowest BCUT2D eigenvalue weighted by Gasteiger charge is -2.29. The molecule has 9 heteroatoms. The number of sulfonamides is 1. The van der Waals surface area contributed by atoms with Crippen molar-refractivity contribution in [3.63, 3.8) is 0 Å². The Labute approximate surface area is 152 Å². The van der Waals surface area contributed by atoms with Crippen LogP contribution in [-0.2, 0) is 24.3 Å². The first-order chi connectivity index (χ1) is 11.8. The van der Waals surface area contributed by atoms with Gasteiger partial charge < -0.3 is 10.1 Å². The number of nitrogens with one attached hydrogen (secondary N) is 1. The molecule has 1 aromatic rings. The topological polar surface area (TPSA) is 92.8 Å². The Kier molecular flexibility index (Phi) is 6.80. The minimum absolute atomic E-state index is 0.0486. The number of anilines is 1. The molecule has 0 atom stereocenters. The molecule has 0 unspecified atom stereocenters. The van der Waals surface area contributed by atoms with E-state index in [1.165, 1.54) is 4.31 Å². The summed E-state index contributed by atoms with van der Waals surface area (Å²) in [7, 11) is -3.23. The van der Waals surface area contributed by atoms with E-state index in [-0.39, 0.29) is 18.3 Å². The number of benzene rings is 1. The predicted molar refractivity (Wildman–Crippen MR) is 94.8 cm³/mol. The summed E-state index contributed by atoms with van der Waals surface area (Å²) in [5.74, 6) is -1.25. The van der Waals surface area contributed by atoms with Crippen molar-refractivity contribution < 1.29 is 22.7 Å². The van der Waals surface area contributed by atoms with Crippen molar-refractivity contribution >= 4 is 39.2 Å². The largest absolute Gasteiger partial charge is 0.455 e. The number of nitrogens with zero attached hydrogens (tertiary/aromatic N) is 1. The normalized spacial score (nSPS) is 16.4. The van der Waals surface area contributed by atoms with Crippen molar-refractivity contribution in [2.45, 2.75) is 19.8 Å². The summed E-state index contributed by atoms with van der Waals surface area (Å²) in [5, 5.41) is 3.16. The maximum atomic E-state index is 12.0. The van der Waals surface area contributed by atoms with Crippen molar-refractivity contribution in [1.29, 1.82) is 0 Å². The molecule has 1 fully saturated rings. The average Bonchev–Trinajstić information content (AvgIpc) is 2.61. The molecule has 138 valence electrons. The summed E-state index contributed by atoms with van der Waals surface area (Å²) in [4.78, 5) is 23.8. The minimum atomic E-state index is -3.23. The summed E-state index contributed by atoms with van der Waals surface area (Å²) in [6, 6.07) is 6.57. The van der Waals surface area contributed by atoms with Gasteiger partial charge in [0.15, 0.2) is 6.61 Å². The van der Waals surface area contributed by atoms with Crippen molar-refractivity contribution in [2.75, 3.05) is 30.8 Å². The van der Waals surface area contributed by atoms with Gasteiger partial charge in [-0.25, -0.2) is 12.7 Å². The van der Waals surface area contributed by atoms with Gasteiger partial charge in [0.1, 0.15) is 0 Å². The summed E-state index contributed by atoms with van der Waals surface area (Å²) in [6.45, 7) is 1.81. The molecule has 2 rings (SSSR count). The molecule has 25 heavy (non-hydrogen) atoms. The highest BCUT2D eigenvalue weighted by Crippen LogP contribution is 2.21. The van der Waals surface area contributed by atoms with Crippen LogP contribution < -0.4 is 5.32 Å². The van der Waals surface area contributed by atoms with Gasteiger partial charge in [0.25, 0.3) is 5.91 Å². The Morgan fingerprint density at radius 1 is 1.24 bits per heavy atom. The van der Waals surface area contributed by atoms with E-state index < -0.39 is 21.9 Å². The van der Waals surface area contributed by atoms with Gasteiger partial charge in [-0.3, -0.25) is 9.59 Å². The lowest BCUT2D eigenvalue weighted by Crippen LogP contribution is -2.41. The summed E-state index contributed by atoms with van der Waals surface area (Å²) < 4.78 is 30.0. The zero-order valence-electron chi connectivity index (χ0n) is 13.9. The van der Waals surface area contributed by atoms with Crippen LogP contribution in [0.5, 0.6) is 0 Å². The summed E-state index contributed by atoms with van der Waals surface area (Å²) >= 11 is 5.76. The van der Waals surface area contributed by atoms with Crippen molar-refractivity contribution in [3.8, 4) is 0 Å². The first-order valence-corrected chi connectivity index (χ1v) is 10.0. The number of piperidine rings is 1. The fraction of sp³-hybridized carbons (Fsp3) is 0.500. The Balaban J connectivity index is 1.75. The molecule has 1 amide bonds. The van der Waals surface area contributed by atoms with E-state index in [9.17, 15) is 18.0 Å². The number of hydrogen-bond acceptors (Lipinski definition) is 5. The van der Waals surface area contributed by atoms with Crippen LogP contribution in [0.15, 0.2) is 24.3 Å². The monoisotopic (exact) mass is 388 g/mol. The van der Waals surface area contributed by atoms with E-state index in [0.717, 1.165) is 0 Å². The smallest absolute Gasteiger partial charge is 0.309 e. The zero-order valence-corrected chi connectivity index (χ0v) is 15.5. The van der Waals surface area contributed by atoms with Crippen LogP contribution in [0.3, 0.4) is 0 Å². The van der Waals surface area contributed by atoms with Crippen LogP contribution in [0.1, 0.15) is 19.8 Å². The molecular weight excluding hydrogens is 368 g/mol. The molecule has 0 aromatic heterocycles. The fourth-order valence-electron chi connectivity index (χ4n) is 2.54. The molecular formula is C16H21ClN2O5S. The number of esters is 1. The third kappa shape index (κ3) is 5.69. The number of carbonyl (C=O) groups excluding carboxylic acids is 2. The van der Waals surface area contributed by atoms with Crippen LogP contribution in [0.2, 0.25) is 5.02 Å². The Bertz CT molecular complexity index is 713. The third-order valence-electron chi connectivity index (χ3n) is 4.02. The Morgan fingerprint density at radius 2 is 1.84 bits per heavy atom. The zero-order chi connectivity index (χ0) is 18.4. The summed E-state index contributed by atoms with van der Waals surface area (Å²) in [5.41, 5.74) is 0.559. The molecule has 0 bridgehead atoms. The van der Waals surface area contributed by atoms with Gasteiger partial charge >= 0.3 is 5.97 Å². The first-order valence-electron chi connectivity index (χ1n) is 8.01. The molecule has 1 heterocycles. The maximum absolute atomic E-state index is 12.0. The molecule has 0 radical (unpaired) electrons. The Hall–Kier alpha value is -1.64. The quantitative estimate of drug-likeness (QED) is 0.751. The minimum Gasteiger partial charge on any atom is -0.455 e. The fourth-order valence-corrected chi connectivity index (χ4v) is 3.80. The van der Waals surface area contributed by atoms with E-state index in [4.69, 9.17) is 16.3 Å². The highest BCUT2D eigenvalue weighted by Gasteiger charge is 2.31. The molecule has 0 aliphatic carbocycles. The SMILES string of the molecule is CCS(=O)(=O)N1CCC(C(=O)OCC(=O)Nc2ccc(Cl)cc2)CC1. The number of carbonyl (C=O) groups is 2. The van der Waals surface area contributed by atoms with Crippen LogP contribution in [-0.4, -0.2) is 50.0 Å². The summed E-state index contributed by atoms with van der Waals surface area (Å²) in [6.07, 6.45) is 0.799. The van der Waals surface area contributed by atoms with Crippen LogP contribution >= 0.6 is 11.6 Å². The lowest BCUT2D eigenvalue weighted by atomic mass is 9.98. The molecule has 0 saturated carbocycles. The molecule has 7 nitrogen and oxygen atoms in total. The Morgan fingerprint density at radius 3 is 2.40 bits per heavy atom. The maximum Gasteiger partial charge on any atom is 0.309 e. The highest BCUT2D eigenvalue weighted by molar-refractivity contribution is 7.89. The lowest BCUT2D eigenvalue weighted by molar-refractivity contribution is -0.152. The third-order valence-corrected chi connectivity index (χ3v) is 6.15. The number of halogens is 1. The molecule has 1 aliphatic rings. The van der Waals surface area contributed by atoms with Crippen LogP contribution in [0, 0.1) is 5.92 Å². The average molecular weight is 389 g/mol. The van der Waals surface area contributed by atoms with E-state index in [1.807, 2.05) is 0 Å². The molecule has 1 aliphatic heterocycles. The van der Waals surface area contributed by atoms with Crippen molar-refractivity contribution in [1.82, 2.24) is 4.31 Å². The standard InChI is InChI=1S/C16H21ClN2O5S/c1-2-25(22,23)19-9-7-12(8-10-19)16(21)24-11-15(20)18-14-5-3-13(17)4-6-14/h3-6,12H,2,7-11H2,1H3,(H,18,20). The molecule has 1 aromatic carbocycles. The van der Waals surface area contributed by atoms with Gasteiger partial charge in [-0.1, -0.05) is 11.6 Å². The van der Waals surface area contributed by atoms with Crippen molar-refractivity contribution in [3.05, 3.63) is 29.3 Å². The molecule has 1 N–H and O–H groups in total. The second kappa shape index (κ2) is 8.64. The van der Waals surface area contributed by atoms with Gasteiger partial charge in [0.2, 0.25) is 10.0 Å². The van der Waals surface area contributed by atoms with Gasteiger partial charge in [-0.2, -0.15) is 0 Å². The van der Waals surface area contributed by atoms with E-state index in [2.05, 4.69) is 5.32 Å². The van der Waals surface area contributed by atoms with Crippen molar-refractivity contribution in [2.24, 2.45) is 5.92 Å². The van der Waals surface area contributed by atoms with Crippen LogP contribution in [0.25, 0.3) is 0 Å². The van der Waals surface area contributed by atoms with Gasteiger partial charge in [-0.15, -0.1) is 0 Å². The van der Waals surface area contributed by atoms with Crippen LogP contribution in [0.4, 0.5) is 5.69 Å². The van der Waals surface area contributed by atoms with E-state index in [1.54, 1.807) is 31.2 Å². The highest BCUT2D eigenvalue weighted by atomic mass is 35.5. The van der Waals surface area contributed by atoms with E-state index in [0.29, 0.717) is 36.6 Å².